The molecule has 0 fully saturated rings. The summed E-state index contributed by atoms with van der Waals surface area (Å²) >= 11 is 0. The second-order valence-corrected chi connectivity index (χ2v) is 3.91. The third-order valence-corrected chi connectivity index (χ3v) is 2.64. The zero-order chi connectivity index (χ0) is 7.28. The van der Waals surface area contributed by atoms with Gasteiger partial charge in [-0.1, -0.05) is 6.92 Å². The minimum absolute atomic E-state index is 0.0809. The van der Waals surface area contributed by atoms with Crippen molar-refractivity contribution < 1.29 is 4.21 Å². The van der Waals surface area contributed by atoms with Crippen molar-refractivity contribution in [3.05, 3.63) is 0 Å². The van der Waals surface area contributed by atoms with E-state index >= 15 is 0 Å². The summed E-state index contributed by atoms with van der Waals surface area (Å²) in [4.78, 5) is 0. The number of rotatable bonds is 4. The number of nitrogens with two attached hydrogens (primary N) is 1. The molecule has 56 valence electrons. The molecular formula is C6H15NOS. The van der Waals surface area contributed by atoms with Crippen molar-refractivity contribution in [2.24, 2.45) is 5.73 Å². The lowest BCUT2D eigenvalue weighted by Gasteiger charge is -2.02. The summed E-state index contributed by atoms with van der Waals surface area (Å²) in [6, 6.07) is 0.0809. The van der Waals surface area contributed by atoms with Crippen molar-refractivity contribution in [3.8, 4) is 0 Å². The Balaban J connectivity index is 3.27. The van der Waals surface area contributed by atoms with Crippen LogP contribution >= 0.6 is 0 Å². The van der Waals surface area contributed by atoms with Gasteiger partial charge in [0.2, 0.25) is 0 Å². The van der Waals surface area contributed by atoms with Crippen LogP contribution in [-0.4, -0.2) is 21.8 Å². The monoisotopic (exact) mass is 149 g/mol. The fourth-order valence-electron chi connectivity index (χ4n) is 0.604. The number of hydrogen-bond acceptors (Lipinski definition) is 2. The normalized spacial score (nSPS) is 17.2. The smallest absolute Gasteiger partial charge is 0.0383 e. The van der Waals surface area contributed by atoms with E-state index in [0.29, 0.717) is 5.75 Å². The van der Waals surface area contributed by atoms with Crippen molar-refractivity contribution in [2.45, 2.75) is 26.3 Å². The molecule has 0 aliphatic carbocycles. The van der Waals surface area contributed by atoms with Crippen molar-refractivity contribution >= 4 is 10.8 Å². The zero-order valence-corrected chi connectivity index (χ0v) is 6.91. The third-order valence-electron chi connectivity index (χ3n) is 0.881. The molecule has 9 heavy (non-hydrogen) atoms. The zero-order valence-electron chi connectivity index (χ0n) is 6.09. The molecule has 0 radical (unpaired) electrons. The highest BCUT2D eigenvalue weighted by Gasteiger charge is 2.00. The molecule has 0 aliphatic heterocycles. The Labute approximate surface area is 59.3 Å². The van der Waals surface area contributed by atoms with Crippen LogP contribution in [0.1, 0.15) is 20.3 Å². The molecule has 0 bridgehead atoms. The molecule has 0 aromatic carbocycles. The summed E-state index contributed by atoms with van der Waals surface area (Å²) in [5, 5.41) is 0. The van der Waals surface area contributed by atoms with Gasteiger partial charge in [-0.05, 0) is 13.3 Å². The fraction of sp³-hybridized carbons (Fsp3) is 1.00. The van der Waals surface area contributed by atoms with Crippen LogP contribution in [0.25, 0.3) is 0 Å². The Bertz CT molecular complexity index is 93.1. The van der Waals surface area contributed by atoms with E-state index in [1.165, 1.54) is 0 Å². The lowest BCUT2D eigenvalue weighted by atomic mass is 10.4. The van der Waals surface area contributed by atoms with E-state index in [9.17, 15) is 4.21 Å². The highest BCUT2D eigenvalue weighted by atomic mass is 32.2. The van der Waals surface area contributed by atoms with Gasteiger partial charge in [0.1, 0.15) is 0 Å². The lowest BCUT2D eigenvalue weighted by molar-refractivity contribution is 0.675. The van der Waals surface area contributed by atoms with Gasteiger partial charge in [0.15, 0.2) is 0 Å². The van der Waals surface area contributed by atoms with Crippen LogP contribution in [0, 0.1) is 0 Å². The van der Waals surface area contributed by atoms with E-state index in [1.54, 1.807) is 0 Å². The third kappa shape index (κ3) is 5.99. The molecule has 0 aromatic rings. The van der Waals surface area contributed by atoms with E-state index in [4.69, 9.17) is 5.73 Å². The van der Waals surface area contributed by atoms with Gasteiger partial charge in [-0.2, -0.15) is 0 Å². The molecule has 0 saturated carbocycles. The first-order chi connectivity index (χ1) is 4.16. The van der Waals surface area contributed by atoms with Crippen LogP contribution in [0.15, 0.2) is 0 Å². The Hall–Kier alpha value is 0.110. The summed E-state index contributed by atoms with van der Waals surface area (Å²) in [6.45, 7) is 3.91. The fourth-order valence-corrected chi connectivity index (χ4v) is 1.81. The summed E-state index contributed by atoms with van der Waals surface area (Å²) in [5.41, 5.74) is 5.43. The summed E-state index contributed by atoms with van der Waals surface area (Å²) in [6.07, 6.45) is 0.985. The minimum atomic E-state index is -0.675. The second kappa shape index (κ2) is 4.94. The maximum absolute atomic E-state index is 10.9. The SMILES string of the molecule is CCCS(=O)C[C@H](C)N. The van der Waals surface area contributed by atoms with Crippen LogP contribution in [0.5, 0.6) is 0 Å². The predicted molar refractivity (Wildman–Crippen MR) is 41.8 cm³/mol. The Morgan fingerprint density at radius 3 is 2.56 bits per heavy atom. The van der Waals surface area contributed by atoms with Crippen molar-refractivity contribution in [3.63, 3.8) is 0 Å². The van der Waals surface area contributed by atoms with Gasteiger partial charge < -0.3 is 5.73 Å². The van der Waals surface area contributed by atoms with Gasteiger partial charge in [0.05, 0.1) is 0 Å². The first kappa shape index (κ1) is 9.11. The topological polar surface area (TPSA) is 43.1 Å². The van der Waals surface area contributed by atoms with E-state index in [-0.39, 0.29) is 6.04 Å². The van der Waals surface area contributed by atoms with Crippen LogP contribution in [-0.2, 0) is 10.8 Å². The van der Waals surface area contributed by atoms with Crippen LogP contribution in [0.2, 0.25) is 0 Å². The molecular weight excluding hydrogens is 134 g/mol. The average Bonchev–Trinajstić information content (AvgIpc) is 1.63. The minimum Gasteiger partial charge on any atom is -0.327 e. The van der Waals surface area contributed by atoms with Gasteiger partial charge >= 0.3 is 0 Å². The summed E-state index contributed by atoms with van der Waals surface area (Å²) in [5.74, 6) is 1.44. The van der Waals surface area contributed by atoms with Crippen molar-refractivity contribution in [2.75, 3.05) is 11.5 Å². The highest BCUT2D eigenvalue weighted by molar-refractivity contribution is 7.85. The molecule has 2 N–H and O–H groups in total. The van der Waals surface area contributed by atoms with Crippen molar-refractivity contribution in [1.82, 2.24) is 0 Å². The molecule has 2 atom stereocenters. The quantitative estimate of drug-likeness (QED) is 0.632. The van der Waals surface area contributed by atoms with E-state index in [0.717, 1.165) is 12.2 Å². The molecule has 0 spiro atoms. The van der Waals surface area contributed by atoms with Crippen LogP contribution < -0.4 is 5.73 Å². The first-order valence-corrected chi connectivity index (χ1v) is 4.76. The molecule has 0 aliphatic rings. The molecule has 0 aromatic heterocycles. The van der Waals surface area contributed by atoms with Gasteiger partial charge in [0, 0.05) is 28.3 Å². The maximum Gasteiger partial charge on any atom is 0.0383 e. The second-order valence-electron chi connectivity index (χ2n) is 2.29. The maximum atomic E-state index is 10.9. The molecule has 3 heteroatoms. The highest BCUT2D eigenvalue weighted by Crippen LogP contribution is 1.88. The van der Waals surface area contributed by atoms with Gasteiger partial charge in [0.25, 0.3) is 0 Å². The largest absolute Gasteiger partial charge is 0.327 e. The lowest BCUT2D eigenvalue weighted by Crippen LogP contribution is -2.23. The average molecular weight is 149 g/mol. The number of hydrogen-bond donors (Lipinski definition) is 1. The van der Waals surface area contributed by atoms with Gasteiger partial charge in [-0.15, -0.1) is 0 Å². The molecule has 0 saturated heterocycles. The molecule has 0 amide bonds. The molecule has 1 unspecified atom stereocenters. The van der Waals surface area contributed by atoms with Crippen LogP contribution in [0.3, 0.4) is 0 Å². The molecule has 0 heterocycles. The van der Waals surface area contributed by atoms with E-state index in [1.807, 2.05) is 13.8 Å². The first-order valence-electron chi connectivity index (χ1n) is 3.27. The molecule has 0 rings (SSSR count). The van der Waals surface area contributed by atoms with E-state index < -0.39 is 10.8 Å². The van der Waals surface area contributed by atoms with E-state index in [2.05, 4.69) is 0 Å². The van der Waals surface area contributed by atoms with Crippen molar-refractivity contribution in [1.29, 1.82) is 0 Å². The van der Waals surface area contributed by atoms with Crippen LogP contribution in [0.4, 0.5) is 0 Å². The summed E-state index contributed by atoms with van der Waals surface area (Å²) in [7, 11) is -0.675. The molecule has 2 nitrogen and oxygen atoms in total. The standard InChI is InChI=1S/C6H15NOS/c1-3-4-9(8)5-6(2)7/h6H,3-5,7H2,1-2H3/t6-,9?/m0/s1. The predicted octanol–water partition coefficient (Wildman–Crippen LogP) is 0.492. The Morgan fingerprint density at radius 2 is 2.22 bits per heavy atom. The van der Waals surface area contributed by atoms with Gasteiger partial charge in [-0.25, -0.2) is 0 Å². The Kier molecular flexibility index (Phi) is 5.00. The van der Waals surface area contributed by atoms with Gasteiger partial charge in [-0.3, -0.25) is 4.21 Å². The summed E-state index contributed by atoms with van der Waals surface area (Å²) < 4.78 is 10.9. The Morgan fingerprint density at radius 1 is 1.67 bits per heavy atom.